The zero-order valence-corrected chi connectivity index (χ0v) is 12.4. The Kier molecular flexibility index (Phi) is 3.87. The Balaban J connectivity index is 1.63. The number of aromatic nitrogens is 2. The number of ether oxygens (including phenoxy) is 1. The predicted molar refractivity (Wildman–Crippen MR) is 80.1 cm³/mol. The molecule has 2 N–H and O–H groups in total. The van der Waals surface area contributed by atoms with Crippen molar-refractivity contribution in [3.63, 3.8) is 0 Å². The second-order valence-electron chi connectivity index (χ2n) is 5.67. The van der Waals surface area contributed by atoms with E-state index in [9.17, 15) is 4.79 Å². The topological polar surface area (TPSA) is 67.0 Å². The summed E-state index contributed by atoms with van der Waals surface area (Å²) in [5.41, 5.74) is 1.03. The number of nitrogens with zero attached hydrogens (tertiary/aromatic N) is 1. The van der Waals surface area contributed by atoms with E-state index in [1.807, 2.05) is 11.4 Å². The summed E-state index contributed by atoms with van der Waals surface area (Å²) >= 11 is 1.43. The van der Waals surface area contributed by atoms with Crippen molar-refractivity contribution < 1.29 is 4.74 Å². The standard InChI is InChI=1S/C14H19N3O2S/c1-14(3-5-19-6-4-14)9-15-8-11-16-10-2-7-20-12(10)13(18)17-11/h2,7,15H,3-6,8-9H2,1H3,(H,16,17,18). The second-order valence-corrected chi connectivity index (χ2v) is 6.59. The lowest BCUT2D eigenvalue weighted by Crippen LogP contribution is -2.37. The molecule has 2 aromatic heterocycles. The number of hydrogen-bond acceptors (Lipinski definition) is 5. The van der Waals surface area contributed by atoms with Crippen molar-refractivity contribution in [2.75, 3.05) is 19.8 Å². The normalized spacial score (nSPS) is 18.4. The first-order valence-electron chi connectivity index (χ1n) is 6.91. The Hall–Kier alpha value is -1.24. The van der Waals surface area contributed by atoms with Gasteiger partial charge in [0, 0.05) is 19.8 Å². The molecule has 0 aliphatic carbocycles. The zero-order valence-electron chi connectivity index (χ0n) is 11.6. The van der Waals surface area contributed by atoms with Crippen LogP contribution in [0.5, 0.6) is 0 Å². The van der Waals surface area contributed by atoms with Gasteiger partial charge in [0.15, 0.2) is 0 Å². The van der Waals surface area contributed by atoms with Crippen LogP contribution < -0.4 is 10.9 Å². The fraction of sp³-hybridized carbons (Fsp3) is 0.571. The summed E-state index contributed by atoms with van der Waals surface area (Å²) in [7, 11) is 0. The summed E-state index contributed by atoms with van der Waals surface area (Å²) in [5.74, 6) is 0.705. The third kappa shape index (κ3) is 2.92. The molecule has 0 amide bonds. The summed E-state index contributed by atoms with van der Waals surface area (Å²) in [4.78, 5) is 19.2. The average molecular weight is 293 g/mol. The molecule has 3 heterocycles. The minimum absolute atomic E-state index is 0.0425. The van der Waals surface area contributed by atoms with Gasteiger partial charge in [0.25, 0.3) is 5.56 Å². The maximum Gasteiger partial charge on any atom is 0.268 e. The summed E-state index contributed by atoms with van der Waals surface area (Å²) < 4.78 is 6.10. The van der Waals surface area contributed by atoms with Crippen molar-refractivity contribution in [3.05, 3.63) is 27.6 Å². The third-order valence-electron chi connectivity index (χ3n) is 3.91. The van der Waals surface area contributed by atoms with E-state index in [4.69, 9.17) is 4.74 Å². The van der Waals surface area contributed by atoms with Gasteiger partial charge in [0.05, 0.1) is 12.1 Å². The zero-order chi connectivity index (χ0) is 14.0. The van der Waals surface area contributed by atoms with E-state index in [2.05, 4.69) is 22.2 Å². The molecule has 0 radical (unpaired) electrons. The van der Waals surface area contributed by atoms with Gasteiger partial charge in [-0.3, -0.25) is 4.79 Å². The lowest BCUT2D eigenvalue weighted by molar-refractivity contribution is 0.0239. The molecule has 1 saturated heterocycles. The lowest BCUT2D eigenvalue weighted by atomic mass is 9.82. The molecule has 0 saturated carbocycles. The molecule has 108 valence electrons. The first kappa shape index (κ1) is 13.7. The third-order valence-corrected chi connectivity index (χ3v) is 4.81. The molecule has 6 heteroatoms. The van der Waals surface area contributed by atoms with E-state index in [1.54, 1.807) is 0 Å². The van der Waals surface area contributed by atoms with E-state index < -0.39 is 0 Å². The van der Waals surface area contributed by atoms with Gasteiger partial charge < -0.3 is 15.0 Å². The summed E-state index contributed by atoms with van der Waals surface area (Å²) in [5, 5.41) is 5.31. The quantitative estimate of drug-likeness (QED) is 0.903. The highest BCUT2D eigenvalue weighted by Crippen LogP contribution is 2.28. The average Bonchev–Trinajstić information content (AvgIpc) is 2.88. The minimum atomic E-state index is -0.0425. The Morgan fingerprint density at radius 2 is 2.30 bits per heavy atom. The summed E-state index contributed by atoms with van der Waals surface area (Å²) in [6, 6.07) is 1.89. The molecule has 1 aliphatic rings. The highest BCUT2D eigenvalue weighted by atomic mass is 32.1. The van der Waals surface area contributed by atoms with Crippen molar-refractivity contribution in [2.45, 2.75) is 26.3 Å². The molecule has 1 aliphatic heterocycles. The van der Waals surface area contributed by atoms with Crippen molar-refractivity contribution in [1.82, 2.24) is 15.3 Å². The summed E-state index contributed by atoms with van der Waals surface area (Å²) in [6.07, 6.45) is 2.15. The number of thiophene rings is 1. The van der Waals surface area contributed by atoms with Crippen LogP contribution in [-0.4, -0.2) is 29.7 Å². The number of nitrogens with one attached hydrogen (secondary N) is 2. The first-order valence-corrected chi connectivity index (χ1v) is 7.79. The van der Waals surface area contributed by atoms with Crippen LogP contribution in [0, 0.1) is 5.41 Å². The van der Waals surface area contributed by atoms with Crippen LogP contribution in [0.25, 0.3) is 10.2 Å². The monoisotopic (exact) mass is 293 g/mol. The van der Waals surface area contributed by atoms with Crippen LogP contribution in [-0.2, 0) is 11.3 Å². The number of H-pyrrole nitrogens is 1. The van der Waals surface area contributed by atoms with Crippen LogP contribution in [0.4, 0.5) is 0 Å². The maximum atomic E-state index is 11.9. The fourth-order valence-electron chi connectivity index (χ4n) is 2.53. The number of fused-ring (bicyclic) bond motifs is 1. The molecule has 0 unspecified atom stereocenters. The first-order chi connectivity index (χ1) is 9.66. The maximum absolute atomic E-state index is 11.9. The Morgan fingerprint density at radius 1 is 1.50 bits per heavy atom. The summed E-state index contributed by atoms with van der Waals surface area (Å²) in [6.45, 7) is 5.47. The molecule has 0 atom stereocenters. The number of aromatic amines is 1. The van der Waals surface area contributed by atoms with Crippen LogP contribution >= 0.6 is 11.3 Å². The smallest absolute Gasteiger partial charge is 0.268 e. The number of rotatable bonds is 4. The van der Waals surface area contributed by atoms with Gasteiger partial charge in [-0.25, -0.2) is 4.98 Å². The van der Waals surface area contributed by atoms with Crippen LogP contribution in [0.15, 0.2) is 16.2 Å². The molecule has 0 spiro atoms. The second kappa shape index (κ2) is 5.63. The Morgan fingerprint density at radius 3 is 3.10 bits per heavy atom. The van der Waals surface area contributed by atoms with Crippen molar-refractivity contribution >= 4 is 21.6 Å². The molecular formula is C14H19N3O2S. The molecule has 2 aromatic rings. The van der Waals surface area contributed by atoms with E-state index >= 15 is 0 Å². The SMILES string of the molecule is CC1(CNCc2nc3ccsc3c(=O)[nH]2)CCOCC1. The Bertz CT molecular complexity index is 643. The Labute approximate surface area is 121 Å². The lowest BCUT2D eigenvalue weighted by Gasteiger charge is -2.33. The van der Waals surface area contributed by atoms with Crippen molar-refractivity contribution in [1.29, 1.82) is 0 Å². The van der Waals surface area contributed by atoms with Gasteiger partial charge in [-0.05, 0) is 29.7 Å². The highest BCUT2D eigenvalue weighted by Gasteiger charge is 2.26. The molecular weight excluding hydrogens is 274 g/mol. The van der Waals surface area contributed by atoms with Gasteiger partial charge in [0.1, 0.15) is 10.5 Å². The van der Waals surface area contributed by atoms with E-state index in [1.165, 1.54) is 11.3 Å². The van der Waals surface area contributed by atoms with Gasteiger partial charge in [-0.1, -0.05) is 6.92 Å². The molecule has 3 rings (SSSR count). The van der Waals surface area contributed by atoms with Crippen LogP contribution in [0.3, 0.4) is 0 Å². The number of hydrogen-bond donors (Lipinski definition) is 2. The molecule has 1 fully saturated rings. The fourth-order valence-corrected chi connectivity index (χ4v) is 3.25. The van der Waals surface area contributed by atoms with Gasteiger partial charge in [-0.2, -0.15) is 0 Å². The molecule has 0 bridgehead atoms. The predicted octanol–water partition coefficient (Wildman–Crippen LogP) is 1.89. The van der Waals surface area contributed by atoms with Gasteiger partial charge in [0.2, 0.25) is 0 Å². The van der Waals surface area contributed by atoms with Crippen molar-refractivity contribution in [3.8, 4) is 0 Å². The van der Waals surface area contributed by atoms with E-state index in [0.717, 1.165) is 38.1 Å². The van der Waals surface area contributed by atoms with E-state index in [-0.39, 0.29) is 11.0 Å². The van der Waals surface area contributed by atoms with Crippen LogP contribution in [0.2, 0.25) is 0 Å². The van der Waals surface area contributed by atoms with E-state index in [0.29, 0.717) is 17.1 Å². The van der Waals surface area contributed by atoms with Crippen molar-refractivity contribution in [2.24, 2.45) is 5.41 Å². The molecule has 5 nitrogen and oxygen atoms in total. The molecule has 20 heavy (non-hydrogen) atoms. The highest BCUT2D eigenvalue weighted by molar-refractivity contribution is 7.17. The molecule has 0 aromatic carbocycles. The van der Waals surface area contributed by atoms with Gasteiger partial charge >= 0.3 is 0 Å². The van der Waals surface area contributed by atoms with Crippen LogP contribution in [0.1, 0.15) is 25.6 Å². The largest absolute Gasteiger partial charge is 0.381 e. The van der Waals surface area contributed by atoms with Gasteiger partial charge in [-0.15, -0.1) is 11.3 Å². The minimum Gasteiger partial charge on any atom is -0.381 e.